The molecule has 8 nitrogen and oxygen atoms in total. The molecule has 1 aliphatic carbocycles. The van der Waals surface area contributed by atoms with Crippen molar-refractivity contribution in [1.29, 1.82) is 0 Å². The zero-order valence-electron chi connectivity index (χ0n) is 23.9. The van der Waals surface area contributed by atoms with Gasteiger partial charge in [0.2, 0.25) is 23.0 Å². The number of methoxy groups -OCH3 is 8. The number of hydrogen-bond donors (Lipinski definition) is 0. The highest BCUT2D eigenvalue weighted by atomic mass is 16.6. The van der Waals surface area contributed by atoms with E-state index in [4.69, 9.17) is 37.9 Å². The molecule has 4 aromatic carbocycles. The van der Waals surface area contributed by atoms with Crippen molar-refractivity contribution in [3.8, 4) is 90.5 Å². The standard InChI is InChI=1S/C32H32O8/c1-33-25-21-19-15-11-9-13-17(19)18-14-10-12-16-20(18)22-24(23(21)27(35-3)31(39-7)29(25)37-5)28(36-4)32(40-8)30(38-6)26(22)34-2/h9-16H,1-8H3. The molecule has 0 aliphatic heterocycles. The summed E-state index contributed by atoms with van der Waals surface area (Å²) in [5.41, 5.74) is 6.55. The van der Waals surface area contributed by atoms with E-state index in [1.807, 2.05) is 36.4 Å². The van der Waals surface area contributed by atoms with Gasteiger partial charge in [-0.05, 0) is 22.3 Å². The van der Waals surface area contributed by atoms with Crippen LogP contribution in [0.5, 0.6) is 46.0 Å². The average molecular weight is 545 g/mol. The molecule has 5 rings (SSSR count). The summed E-state index contributed by atoms with van der Waals surface area (Å²) < 4.78 is 47.9. The molecule has 0 saturated carbocycles. The Balaban J connectivity index is 2.21. The Kier molecular flexibility index (Phi) is 7.26. The summed E-state index contributed by atoms with van der Waals surface area (Å²) in [4.78, 5) is 0. The predicted molar refractivity (Wildman–Crippen MR) is 154 cm³/mol. The molecule has 0 fully saturated rings. The largest absolute Gasteiger partial charge is 0.492 e. The summed E-state index contributed by atoms with van der Waals surface area (Å²) >= 11 is 0. The highest BCUT2D eigenvalue weighted by molar-refractivity contribution is 6.11. The van der Waals surface area contributed by atoms with Crippen LogP contribution in [0.15, 0.2) is 48.5 Å². The molecule has 0 N–H and O–H groups in total. The van der Waals surface area contributed by atoms with Crippen molar-refractivity contribution in [2.75, 3.05) is 56.9 Å². The van der Waals surface area contributed by atoms with Crippen LogP contribution in [0.4, 0.5) is 0 Å². The lowest BCUT2D eigenvalue weighted by molar-refractivity contribution is 0.304. The van der Waals surface area contributed by atoms with Gasteiger partial charge in [-0.1, -0.05) is 48.5 Å². The van der Waals surface area contributed by atoms with E-state index in [0.29, 0.717) is 57.1 Å². The van der Waals surface area contributed by atoms with Crippen LogP contribution in [0.25, 0.3) is 44.5 Å². The summed E-state index contributed by atoms with van der Waals surface area (Å²) in [6.07, 6.45) is 0. The fourth-order valence-electron chi connectivity index (χ4n) is 5.70. The zero-order chi connectivity index (χ0) is 28.6. The van der Waals surface area contributed by atoms with Crippen LogP contribution in [0.2, 0.25) is 0 Å². The lowest BCUT2D eigenvalue weighted by Gasteiger charge is -2.31. The maximum atomic E-state index is 6.11. The maximum absolute atomic E-state index is 6.11. The van der Waals surface area contributed by atoms with E-state index >= 15 is 0 Å². The summed E-state index contributed by atoms with van der Waals surface area (Å²) in [6, 6.07) is 16.3. The molecule has 40 heavy (non-hydrogen) atoms. The number of fused-ring (bicyclic) bond motifs is 8. The van der Waals surface area contributed by atoms with E-state index in [-0.39, 0.29) is 0 Å². The zero-order valence-corrected chi connectivity index (χ0v) is 23.9. The molecule has 0 amide bonds. The van der Waals surface area contributed by atoms with Crippen molar-refractivity contribution in [2.45, 2.75) is 0 Å². The van der Waals surface area contributed by atoms with Crippen molar-refractivity contribution < 1.29 is 37.9 Å². The molecule has 0 radical (unpaired) electrons. The van der Waals surface area contributed by atoms with Crippen LogP contribution in [0.1, 0.15) is 0 Å². The molecule has 0 heterocycles. The third-order valence-corrected chi connectivity index (χ3v) is 7.21. The van der Waals surface area contributed by atoms with Gasteiger partial charge in [0.25, 0.3) is 0 Å². The van der Waals surface area contributed by atoms with Crippen LogP contribution in [0.3, 0.4) is 0 Å². The van der Waals surface area contributed by atoms with Gasteiger partial charge in [0, 0.05) is 22.3 Å². The Morgan fingerprint density at radius 2 is 0.500 bits per heavy atom. The Hall–Kier alpha value is -4.72. The minimum absolute atomic E-state index is 0.369. The molecule has 0 bridgehead atoms. The fraction of sp³-hybridized carbons (Fsp3) is 0.250. The van der Waals surface area contributed by atoms with Crippen LogP contribution in [0, 0.1) is 0 Å². The van der Waals surface area contributed by atoms with Gasteiger partial charge in [0.1, 0.15) is 0 Å². The third-order valence-electron chi connectivity index (χ3n) is 7.21. The summed E-state index contributed by atoms with van der Waals surface area (Å²) in [7, 11) is 12.7. The molecule has 0 atom stereocenters. The van der Waals surface area contributed by atoms with Crippen LogP contribution >= 0.6 is 0 Å². The summed E-state index contributed by atoms with van der Waals surface area (Å²) in [6.45, 7) is 0. The molecular formula is C32H32O8. The van der Waals surface area contributed by atoms with Crippen LogP contribution in [-0.4, -0.2) is 56.9 Å². The lowest BCUT2D eigenvalue weighted by Crippen LogP contribution is -2.08. The topological polar surface area (TPSA) is 73.8 Å². The summed E-state index contributed by atoms with van der Waals surface area (Å²) in [5, 5.41) is 0. The van der Waals surface area contributed by atoms with Gasteiger partial charge >= 0.3 is 0 Å². The van der Waals surface area contributed by atoms with Crippen molar-refractivity contribution in [3.05, 3.63) is 48.5 Å². The minimum atomic E-state index is 0.369. The smallest absolute Gasteiger partial charge is 0.207 e. The van der Waals surface area contributed by atoms with E-state index < -0.39 is 0 Å². The van der Waals surface area contributed by atoms with Crippen LogP contribution < -0.4 is 37.9 Å². The fourth-order valence-corrected chi connectivity index (χ4v) is 5.70. The Bertz CT molecular complexity index is 1470. The maximum Gasteiger partial charge on any atom is 0.207 e. The van der Waals surface area contributed by atoms with E-state index in [9.17, 15) is 0 Å². The number of ether oxygens (including phenoxy) is 8. The highest BCUT2D eigenvalue weighted by Crippen LogP contribution is 2.66. The van der Waals surface area contributed by atoms with E-state index in [1.165, 1.54) is 0 Å². The third kappa shape index (κ3) is 3.66. The first kappa shape index (κ1) is 26.9. The SMILES string of the molecule is COc1c(OC)c(OC)c2c(c1OC)-c1ccccc1-c1ccccc1-c1c(OC)c(OC)c(OC)c(OC)c1-2. The van der Waals surface area contributed by atoms with Gasteiger partial charge in [-0.2, -0.15) is 0 Å². The molecule has 4 aromatic rings. The molecule has 0 unspecified atom stereocenters. The molecule has 8 heteroatoms. The van der Waals surface area contributed by atoms with Gasteiger partial charge in [0.05, 0.1) is 56.9 Å². The van der Waals surface area contributed by atoms with Crippen molar-refractivity contribution in [2.24, 2.45) is 0 Å². The van der Waals surface area contributed by atoms with Crippen LogP contribution in [-0.2, 0) is 0 Å². The first-order valence-corrected chi connectivity index (χ1v) is 12.6. The lowest BCUT2D eigenvalue weighted by atomic mass is 9.78. The predicted octanol–water partition coefficient (Wildman–Crippen LogP) is 6.74. The number of hydrogen-bond acceptors (Lipinski definition) is 8. The monoisotopic (exact) mass is 544 g/mol. The molecule has 0 saturated heterocycles. The molecule has 208 valence electrons. The Morgan fingerprint density at radius 1 is 0.275 bits per heavy atom. The average Bonchev–Trinajstić information content (AvgIpc) is 3.00. The highest BCUT2D eigenvalue weighted by Gasteiger charge is 2.39. The first-order valence-electron chi connectivity index (χ1n) is 12.6. The van der Waals surface area contributed by atoms with E-state index in [1.54, 1.807) is 56.9 Å². The van der Waals surface area contributed by atoms with Gasteiger partial charge in [-0.3, -0.25) is 0 Å². The van der Waals surface area contributed by atoms with Gasteiger partial charge in [0.15, 0.2) is 23.0 Å². The number of benzene rings is 4. The van der Waals surface area contributed by atoms with Gasteiger partial charge in [-0.25, -0.2) is 0 Å². The molecule has 0 spiro atoms. The minimum Gasteiger partial charge on any atom is -0.492 e. The quantitative estimate of drug-likeness (QED) is 0.213. The molecule has 0 aromatic heterocycles. The Labute approximate surface area is 233 Å². The molecular weight excluding hydrogens is 512 g/mol. The van der Waals surface area contributed by atoms with Gasteiger partial charge in [-0.15, -0.1) is 0 Å². The van der Waals surface area contributed by atoms with Crippen molar-refractivity contribution in [3.63, 3.8) is 0 Å². The van der Waals surface area contributed by atoms with E-state index in [0.717, 1.165) is 33.4 Å². The summed E-state index contributed by atoms with van der Waals surface area (Å²) in [5.74, 6) is 3.35. The Morgan fingerprint density at radius 3 is 0.750 bits per heavy atom. The van der Waals surface area contributed by atoms with Gasteiger partial charge < -0.3 is 37.9 Å². The van der Waals surface area contributed by atoms with E-state index in [2.05, 4.69) is 12.1 Å². The second-order valence-corrected chi connectivity index (χ2v) is 8.86. The second-order valence-electron chi connectivity index (χ2n) is 8.86. The second kappa shape index (κ2) is 10.8. The van der Waals surface area contributed by atoms with Crippen molar-refractivity contribution in [1.82, 2.24) is 0 Å². The van der Waals surface area contributed by atoms with Crippen molar-refractivity contribution >= 4 is 0 Å². The molecule has 1 aliphatic rings. The first-order chi connectivity index (χ1) is 19.6. The number of rotatable bonds is 8. The normalized spacial score (nSPS) is 11.0.